The lowest BCUT2D eigenvalue weighted by Crippen LogP contribution is -2.32. The number of aromatic nitrogens is 1. The second kappa shape index (κ2) is 8.23. The molecule has 0 aliphatic rings. The second-order valence-electron chi connectivity index (χ2n) is 6.82. The van der Waals surface area contributed by atoms with E-state index in [1.165, 1.54) is 0 Å². The number of carboxylic acids is 1. The predicted octanol–water partition coefficient (Wildman–Crippen LogP) is 6.03. The van der Waals surface area contributed by atoms with Crippen LogP contribution in [0, 0.1) is 6.92 Å². The topological polar surface area (TPSA) is 62.2 Å². The maximum atomic E-state index is 11.9. The third-order valence-corrected chi connectivity index (χ3v) is 6.29. The van der Waals surface area contributed by atoms with Gasteiger partial charge < -0.3 is 10.4 Å². The summed E-state index contributed by atoms with van der Waals surface area (Å²) in [5.74, 6) is -0.343. The van der Waals surface area contributed by atoms with Crippen molar-refractivity contribution in [1.82, 2.24) is 4.98 Å². The van der Waals surface area contributed by atoms with Crippen molar-refractivity contribution < 1.29 is 9.90 Å². The molecule has 0 spiro atoms. The zero-order chi connectivity index (χ0) is 20.4. The van der Waals surface area contributed by atoms with Crippen molar-refractivity contribution in [2.45, 2.75) is 19.4 Å². The van der Waals surface area contributed by atoms with Crippen LogP contribution >= 0.6 is 22.9 Å². The molecule has 146 valence electrons. The van der Waals surface area contributed by atoms with Crippen molar-refractivity contribution in [2.24, 2.45) is 0 Å². The van der Waals surface area contributed by atoms with Gasteiger partial charge in [-0.3, -0.25) is 0 Å². The summed E-state index contributed by atoms with van der Waals surface area (Å²) in [6.45, 7) is 1.99. The Kier molecular flexibility index (Phi) is 5.51. The van der Waals surface area contributed by atoms with Crippen LogP contribution in [0.1, 0.15) is 11.1 Å². The van der Waals surface area contributed by atoms with E-state index in [4.69, 9.17) is 11.6 Å². The van der Waals surface area contributed by atoms with Crippen LogP contribution in [0.2, 0.25) is 5.02 Å². The van der Waals surface area contributed by atoms with Gasteiger partial charge in [0, 0.05) is 33.3 Å². The van der Waals surface area contributed by atoms with Crippen LogP contribution in [-0.4, -0.2) is 22.1 Å². The smallest absolute Gasteiger partial charge is 0.326 e. The Balaban J connectivity index is 1.76. The molecule has 2 aromatic carbocycles. The van der Waals surface area contributed by atoms with E-state index in [2.05, 4.69) is 15.7 Å². The number of hydrogen-bond acceptors (Lipinski definition) is 4. The third kappa shape index (κ3) is 3.97. The van der Waals surface area contributed by atoms with Gasteiger partial charge in [0.15, 0.2) is 0 Å². The summed E-state index contributed by atoms with van der Waals surface area (Å²) in [5.41, 5.74) is 3.97. The SMILES string of the molecule is Cc1c(Cl)cccc1-c1csc2ccnc(NC(Cc3ccccc3)C(=O)O)c12. The fourth-order valence-electron chi connectivity index (χ4n) is 3.41. The summed E-state index contributed by atoms with van der Waals surface area (Å²) in [7, 11) is 0. The van der Waals surface area contributed by atoms with Crippen LogP contribution in [0.3, 0.4) is 0 Å². The zero-order valence-corrected chi connectivity index (χ0v) is 17.3. The van der Waals surface area contributed by atoms with Crippen molar-refractivity contribution in [3.05, 3.63) is 82.3 Å². The highest BCUT2D eigenvalue weighted by Crippen LogP contribution is 2.40. The van der Waals surface area contributed by atoms with Gasteiger partial charge >= 0.3 is 5.97 Å². The van der Waals surface area contributed by atoms with Gasteiger partial charge in [0.25, 0.3) is 0 Å². The molecule has 4 aromatic rings. The Morgan fingerprint density at radius 2 is 1.93 bits per heavy atom. The number of nitrogens with one attached hydrogen (secondary N) is 1. The number of carboxylic acid groups (broad SMARTS) is 1. The van der Waals surface area contributed by atoms with Gasteiger partial charge in [-0.25, -0.2) is 9.78 Å². The first-order valence-corrected chi connectivity index (χ1v) is 10.5. The first-order chi connectivity index (χ1) is 14.0. The number of aliphatic carboxylic acids is 1. The lowest BCUT2D eigenvalue weighted by Gasteiger charge is -2.17. The molecule has 2 heterocycles. The molecule has 0 amide bonds. The number of carbonyl (C=O) groups is 1. The molecule has 1 unspecified atom stereocenters. The lowest BCUT2D eigenvalue weighted by molar-refractivity contribution is -0.137. The normalized spacial score (nSPS) is 12.1. The highest BCUT2D eigenvalue weighted by Gasteiger charge is 2.21. The molecule has 0 saturated heterocycles. The number of benzene rings is 2. The molecule has 1 atom stereocenters. The van der Waals surface area contributed by atoms with Crippen LogP contribution in [0.25, 0.3) is 21.2 Å². The highest BCUT2D eigenvalue weighted by atomic mass is 35.5. The van der Waals surface area contributed by atoms with Gasteiger partial charge in [0.1, 0.15) is 11.9 Å². The summed E-state index contributed by atoms with van der Waals surface area (Å²) in [4.78, 5) is 16.4. The number of halogens is 1. The second-order valence-corrected chi connectivity index (χ2v) is 8.14. The molecule has 0 bridgehead atoms. The standard InChI is InChI=1S/C23H19ClN2O2S/c1-14-16(8-5-9-18(14)24)17-13-29-20-10-11-25-22(21(17)20)26-19(23(27)28)12-15-6-3-2-4-7-15/h2-11,13,19H,12H2,1H3,(H,25,26)(H,27,28). The summed E-state index contributed by atoms with van der Waals surface area (Å²) in [5, 5.41) is 16.6. The summed E-state index contributed by atoms with van der Waals surface area (Å²) >= 11 is 7.94. The molecule has 0 fully saturated rings. The molecule has 2 aromatic heterocycles. The van der Waals surface area contributed by atoms with E-state index in [1.807, 2.05) is 61.5 Å². The van der Waals surface area contributed by atoms with Gasteiger partial charge in [-0.1, -0.05) is 54.1 Å². The van der Waals surface area contributed by atoms with Crippen molar-refractivity contribution >= 4 is 44.8 Å². The van der Waals surface area contributed by atoms with E-state index < -0.39 is 12.0 Å². The van der Waals surface area contributed by atoms with E-state index in [0.29, 0.717) is 17.3 Å². The van der Waals surface area contributed by atoms with Crippen molar-refractivity contribution in [2.75, 3.05) is 5.32 Å². The summed E-state index contributed by atoms with van der Waals surface area (Å²) in [6, 6.07) is 16.6. The molecular formula is C23H19ClN2O2S. The minimum absolute atomic E-state index is 0.365. The molecule has 29 heavy (non-hydrogen) atoms. The van der Waals surface area contributed by atoms with Crippen molar-refractivity contribution in [3.63, 3.8) is 0 Å². The van der Waals surface area contributed by atoms with Crippen LogP contribution in [0.5, 0.6) is 0 Å². The Bertz CT molecular complexity index is 1170. The zero-order valence-electron chi connectivity index (χ0n) is 15.7. The van der Waals surface area contributed by atoms with E-state index in [0.717, 1.165) is 32.3 Å². The first kappa shape index (κ1) is 19.4. The Hall–Kier alpha value is -2.89. The van der Waals surface area contributed by atoms with Crippen molar-refractivity contribution in [1.29, 1.82) is 0 Å². The average molecular weight is 423 g/mol. The molecule has 0 aliphatic heterocycles. The third-order valence-electron chi connectivity index (χ3n) is 4.94. The fourth-order valence-corrected chi connectivity index (χ4v) is 4.53. The largest absolute Gasteiger partial charge is 0.480 e. The highest BCUT2D eigenvalue weighted by molar-refractivity contribution is 7.17. The van der Waals surface area contributed by atoms with Crippen LogP contribution in [0.15, 0.2) is 66.2 Å². The summed E-state index contributed by atoms with van der Waals surface area (Å²) < 4.78 is 1.04. The summed E-state index contributed by atoms with van der Waals surface area (Å²) in [6.07, 6.45) is 2.07. The van der Waals surface area contributed by atoms with E-state index >= 15 is 0 Å². The number of nitrogens with zero attached hydrogens (tertiary/aromatic N) is 1. The number of pyridine rings is 1. The molecule has 4 nitrogen and oxygen atoms in total. The Morgan fingerprint density at radius 1 is 1.14 bits per heavy atom. The molecule has 0 aliphatic carbocycles. The molecule has 0 radical (unpaired) electrons. The Labute approximate surface area is 177 Å². The molecular weight excluding hydrogens is 404 g/mol. The molecule has 6 heteroatoms. The van der Waals surface area contributed by atoms with Gasteiger partial charge in [0.05, 0.1) is 0 Å². The number of rotatable bonds is 6. The van der Waals surface area contributed by atoms with Gasteiger partial charge in [-0.05, 0) is 41.1 Å². The fraction of sp³-hybridized carbons (Fsp3) is 0.130. The van der Waals surface area contributed by atoms with E-state index in [9.17, 15) is 9.90 Å². The Morgan fingerprint density at radius 3 is 2.69 bits per heavy atom. The van der Waals surface area contributed by atoms with Gasteiger partial charge in [-0.2, -0.15) is 0 Å². The number of hydrogen-bond donors (Lipinski definition) is 2. The minimum atomic E-state index is -0.914. The van der Waals surface area contributed by atoms with Crippen LogP contribution in [0.4, 0.5) is 5.82 Å². The first-order valence-electron chi connectivity index (χ1n) is 9.19. The molecule has 2 N–H and O–H groups in total. The molecule has 4 rings (SSSR count). The quantitative estimate of drug-likeness (QED) is 0.398. The van der Waals surface area contributed by atoms with E-state index in [-0.39, 0.29) is 0 Å². The maximum absolute atomic E-state index is 11.9. The van der Waals surface area contributed by atoms with Crippen LogP contribution < -0.4 is 5.32 Å². The lowest BCUT2D eigenvalue weighted by atomic mass is 10.00. The molecule has 0 saturated carbocycles. The minimum Gasteiger partial charge on any atom is -0.480 e. The average Bonchev–Trinajstić information content (AvgIpc) is 3.15. The maximum Gasteiger partial charge on any atom is 0.326 e. The number of thiophene rings is 1. The van der Waals surface area contributed by atoms with E-state index in [1.54, 1.807) is 17.5 Å². The van der Waals surface area contributed by atoms with Crippen LogP contribution in [-0.2, 0) is 11.2 Å². The number of fused-ring (bicyclic) bond motifs is 1. The van der Waals surface area contributed by atoms with Crippen molar-refractivity contribution in [3.8, 4) is 11.1 Å². The number of anilines is 1. The monoisotopic (exact) mass is 422 g/mol. The predicted molar refractivity (Wildman–Crippen MR) is 120 cm³/mol. The van der Waals surface area contributed by atoms with Gasteiger partial charge in [-0.15, -0.1) is 11.3 Å². The van der Waals surface area contributed by atoms with Gasteiger partial charge in [0.2, 0.25) is 0 Å².